The summed E-state index contributed by atoms with van der Waals surface area (Å²) in [4.78, 5) is 5.57. The zero-order valence-corrected chi connectivity index (χ0v) is 12.3. The van der Waals surface area contributed by atoms with Crippen molar-refractivity contribution in [1.29, 1.82) is 0 Å². The molecule has 0 radical (unpaired) electrons. The van der Waals surface area contributed by atoms with Gasteiger partial charge < -0.3 is 10.3 Å². The Hall–Kier alpha value is -0.720. The second kappa shape index (κ2) is 4.75. The molecule has 4 nitrogen and oxygen atoms in total. The van der Waals surface area contributed by atoms with Crippen molar-refractivity contribution in [2.75, 3.05) is 6.54 Å². The largest absolute Gasteiger partial charge is 0.338 e. The van der Waals surface area contributed by atoms with Gasteiger partial charge in [0.25, 0.3) is 0 Å². The van der Waals surface area contributed by atoms with E-state index >= 15 is 0 Å². The minimum atomic E-state index is -0.0836. The third kappa shape index (κ3) is 2.02. The maximum atomic E-state index is 5.92. The molecule has 0 amide bonds. The summed E-state index contributed by atoms with van der Waals surface area (Å²) in [5.74, 6) is 1.38. The molecule has 2 aromatic heterocycles. The van der Waals surface area contributed by atoms with Gasteiger partial charge in [-0.3, -0.25) is 0 Å². The van der Waals surface area contributed by atoms with E-state index in [9.17, 15) is 0 Å². The summed E-state index contributed by atoms with van der Waals surface area (Å²) < 4.78 is 6.52. The minimum absolute atomic E-state index is 0.0836. The Labute approximate surface area is 118 Å². The van der Waals surface area contributed by atoms with Crippen molar-refractivity contribution in [2.24, 2.45) is 5.73 Å². The van der Waals surface area contributed by atoms with Gasteiger partial charge in [0.05, 0.1) is 14.1 Å². The normalized spacial score (nSPS) is 18.3. The van der Waals surface area contributed by atoms with Crippen LogP contribution >= 0.6 is 27.3 Å². The highest BCUT2D eigenvalue weighted by molar-refractivity contribution is 9.11. The van der Waals surface area contributed by atoms with Crippen molar-refractivity contribution < 1.29 is 4.52 Å². The molecule has 0 aromatic carbocycles. The molecule has 0 unspecified atom stereocenters. The predicted octanol–water partition coefficient (Wildman–Crippen LogP) is 3.33. The van der Waals surface area contributed by atoms with Crippen LogP contribution in [0.4, 0.5) is 0 Å². The molecule has 0 bridgehead atoms. The van der Waals surface area contributed by atoms with Gasteiger partial charge in [-0.05, 0) is 40.9 Å². The van der Waals surface area contributed by atoms with Crippen LogP contribution in [0.5, 0.6) is 0 Å². The summed E-state index contributed by atoms with van der Waals surface area (Å²) in [6.45, 7) is 0.586. The number of nitrogens with two attached hydrogens (primary N) is 1. The van der Waals surface area contributed by atoms with Crippen molar-refractivity contribution >= 4 is 27.3 Å². The first-order chi connectivity index (χ1) is 8.73. The van der Waals surface area contributed by atoms with Crippen molar-refractivity contribution in [2.45, 2.75) is 31.1 Å². The third-order valence-electron chi connectivity index (χ3n) is 3.62. The Morgan fingerprint density at radius 1 is 1.39 bits per heavy atom. The van der Waals surface area contributed by atoms with E-state index in [4.69, 9.17) is 10.3 Å². The molecular weight excluding hydrogens is 314 g/mol. The van der Waals surface area contributed by atoms with Crippen LogP contribution < -0.4 is 5.73 Å². The Morgan fingerprint density at radius 3 is 2.78 bits per heavy atom. The number of nitrogens with zero attached hydrogens (tertiary/aromatic N) is 2. The molecule has 1 aliphatic carbocycles. The summed E-state index contributed by atoms with van der Waals surface area (Å²) in [7, 11) is 0. The second-order valence-corrected chi connectivity index (χ2v) is 7.18. The number of hydrogen-bond acceptors (Lipinski definition) is 5. The van der Waals surface area contributed by atoms with Crippen LogP contribution in [0.1, 0.15) is 31.6 Å². The van der Waals surface area contributed by atoms with E-state index in [0.29, 0.717) is 18.3 Å². The van der Waals surface area contributed by atoms with E-state index < -0.39 is 0 Å². The van der Waals surface area contributed by atoms with Crippen LogP contribution in [0.25, 0.3) is 10.7 Å². The zero-order valence-electron chi connectivity index (χ0n) is 9.86. The van der Waals surface area contributed by atoms with Crippen LogP contribution in [0.3, 0.4) is 0 Å². The van der Waals surface area contributed by atoms with Crippen LogP contribution in [0.15, 0.2) is 20.4 Å². The van der Waals surface area contributed by atoms with Gasteiger partial charge in [0, 0.05) is 6.54 Å². The fourth-order valence-electron chi connectivity index (χ4n) is 2.53. The number of halogens is 1. The van der Waals surface area contributed by atoms with E-state index in [1.165, 1.54) is 12.8 Å². The second-order valence-electron chi connectivity index (χ2n) is 4.72. The van der Waals surface area contributed by atoms with Gasteiger partial charge in [-0.1, -0.05) is 18.0 Å². The van der Waals surface area contributed by atoms with Gasteiger partial charge in [-0.2, -0.15) is 4.98 Å². The third-order valence-corrected chi connectivity index (χ3v) is 5.24. The van der Waals surface area contributed by atoms with Gasteiger partial charge in [0.2, 0.25) is 11.7 Å². The molecular formula is C12H14BrN3OS. The summed E-state index contributed by atoms with van der Waals surface area (Å²) in [6.07, 6.45) is 4.50. The molecule has 6 heteroatoms. The van der Waals surface area contributed by atoms with E-state index in [1.54, 1.807) is 11.3 Å². The standard InChI is InChI=1S/C12H14BrN3OS/c13-9-4-3-8(18-9)10-15-11(17-16-10)12(7-14)5-1-2-6-12/h3-4H,1-2,5-7,14H2. The average molecular weight is 328 g/mol. The first-order valence-corrected chi connectivity index (χ1v) is 7.64. The van der Waals surface area contributed by atoms with Crippen LogP contribution in [-0.4, -0.2) is 16.7 Å². The van der Waals surface area contributed by atoms with E-state index in [2.05, 4.69) is 26.1 Å². The molecule has 1 fully saturated rings. The summed E-state index contributed by atoms with van der Waals surface area (Å²) >= 11 is 5.04. The van der Waals surface area contributed by atoms with Gasteiger partial charge >= 0.3 is 0 Å². The Balaban J connectivity index is 1.93. The van der Waals surface area contributed by atoms with E-state index in [1.807, 2.05) is 12.1 Å². The van der Waals surface area contributed by atoms with Crippen LogP contribution in [0, 0.1) is 0 Å². The molecule has 3 rings (SSSR count). The number of rotatable bonds is 3. The highest BCUT2D eigenvalue weighted by Crippen LogP contribution is 2.40. The lowest BCUT2D eigenvalue weighted by Crippen LogP contribution is -2.32. The molecule has 18 heavy (non-hydrogen) atoms. The Kier molecular flexibility index (Phi) is 3.25. The highest BCUT2D eigenvalue weighted by Gasteiger charge is 2.39. The Morgan fingerprint density at radius 2 is 2.17 bits per heavy atom. The maximum absolute atomic E-state index is 5.92. The van der Waals surface area contributed by atoms with Crippen molar-refractivity contribution in [3.63, 3.8) is 0 Å². The number of hydrogen-bond donors (Lipinski definition) is 1. The smallest absolute Gasteiger partial charge is 0.234 e. The van der Waals surface area contributed by atoms with Crippen LogP contribution in [0.2, 0.25) is 0 Å². The molecule has 2 heterocycles. The molecule has 96 valence electrons. The fourth-order valence-corrected chi connectivity index (χ4v) is 3.84. The molecule has 0 aliphatic heterocycles. The summed E-state index contributed by atoms with van der Waals surface area (Å²) in [5, 5.41) is 4.09. The van der Waals surface area contributed by atoms with Gasteiger partial charge in [0.15, 0.2) is 0 Å². The van der Waals surface area contributed by atoms with Gasteiger partial charge in [-0.25, -0.2) is 0 Å². The minimum Gasteiger partial charge on any atom is -0.338 e. The van der Waals surface area contributed by atoms with Gasteiger partial charge in [0.1, 0.15) is 0 Å². The lowest BCUT2D eigenvalue weighted by molar-refractivity contribution is 0.284. The highest BCUT2D eigenvalue weighted by atomic mass is 79.9. The first kappa shape index (κ1) is 12.3. The molecule has 2 N–H and O–H groups in total. The quantitative estimate of drug-likeness (QED) is 0.938. The topological polar surface area (TPSA) is 64.9 Å². The van der Waals surface area contributed by atoms with E-state index in [-0.39, 0.29) is 5.41 Å². The monoisotopic (exact) mass is 327 g/mol. The molecule has 0 saturated heterocycles. The molecule has 0 atom stereocenters. The number of aromatic nitrogens is 2. The maximum Gasteiger partial charge on any atom is 0.234 e. The molecule has 1 aliphatic rings. The van der Waals surface area contributed by atoms with Crippen LogP contribution in [-0.2, 0) is 5.41 Å². The molecule has 2 aromatic rings. The van der Waals surface area contributed by atoms with Gasteiger partial charge in [-0.15, -0.1) is 11.3 Å². The van der Waals surface area contributed by atoms with Crippen molar-refractivity contribution in [1.82, 2.24) is 10.1 Å². The molecule has 1 saturated carbocycles. The summed E-state index contributed by atoms with van der Waals surface area (Å²) in [6, 6.07) is 3.98. The van der Waals surface area contributed by atoms with E-state index in [0.717, 1.165) is 21.5 Å². The zero-order chi connectivity index (χ0) is 12.6. The molecule has 0 spiro atoms. The predicted molar refractivity (Wildman–Crippen MR) is 74.5 cm³/mol. The fraction of sp³-hybridized carbons (Fsp3) is 0.500. The summed E-state index contributed by atoms with van der Waals surface area (Å²) in [5.41, 5.74) is 5.84. The average Bonchev–Trinajstić information content (AvgIpc) is 3.08. The first-order valence-electron chi connectivity index (χ1n) is 6.03. The SMILES string of the molecule is NCC1(c2nc(-c3ccc(Br)s3)no2)CCCC1. The van der Waals surface area contributed by atoms with Crippen molar-refractivity contribution in [3.05, 3.63) is 21.8 Å². The lowest BCUT2D eigenvalue weighted by atomic mass is 9.86. The van der Waals surface area contributed by atoms with Crippen molar-refractivity contribution in [3.8, 4) is 10.7 Å². The lowest BCUT2D eigenvalue weighted by Gasteiger charge is -2.21. The Bertz CT molecular complexity index is 545. The number of thiophene rings is 1.